The average Bonchev–Trinajstić information content (AvgIpc) is 2.67. The number of aliphatic hydroxyl groups is 1. The van der Waals surface area contributed by atoms with Gasteiger partial charge in [0.05, 0.1) is 12.6 Å². The number of rotatable bonds is 7. The number of aromatic nitrogens is 1. The maximum absolute atomic E-state index is 10.7. The molecule has 0 saturated carbocycles. The third kappa shape index (κ3) is 5.54. The van der Waals surface area contributed by atoms with Gasteiger partial charge in [-0.15, -0.1) is 0 Å². The van der Waals surface area contributed by atoms with E-state index < -0.39 is 6.10 Å². The van der Waals surface area contributed by atoms with Crippen molar-refractivity contribution < 1.29 is 5.11 Å². The molecule has 2 N–H and O–H groups in total. The number of aryl methyl sites for hydroxylation is 1. The van der Waals surface area contributed by atoms with Gasteiger partial charge in [-0.3, -0.25) is 0 Å². The highest BCUT2D eigenvalue weighted by Gasteiger charge is 2.17. The van der Waals surface area contributed by atoms with Gasteiger partial charge in [0.15, 0.2) is 0 Å². The maximum Gasteiger partial charge on any atom is 0.125 e. The van der Waals surface area contributed by atoms with Crippen molar-refractivity contribution in [2.24, 2.45) is 0 Å². The van der Waals surface area contributed by atoms with Gasteiger partial charge in [-0.2, -0.15) is 0 Å². The highest BCUT2D eigenvalue weighted by molar-refractivity contribution is 9.10. The van der Waals surface area contributed by atoms with Crippen molar-refractivity contribution in [1.82, 2.24) is 4.98 Å². The first-order chi connectivity index (χ1) is 13.0. The Morgan fingerprint density at radius 3 is 2.44 bits per heavy atom. The zero-order valence-corrected chi connectivity index (χ0v) is 18.1. The number of hydrogen-bond acceptors (Lipinski definition) is 4. The first-order valence-electron chi connectivity index (χ1n) is 8.65. The Labute approximate surface area is 176 Å². The Morgan fingerprint density at radius 2 is 1.78 bits per heavy atom. The van der Waals surface area contributed by atoms with Crippen LogP contribution in [-0.4, -0.2) is 29.3 Å². The van der Waals surface area contributed by atoms with E-state index >= 15 is 0 Å². The fourth-order valence-corrected chi connectivity index (χ4v) is 3.59. The minimum Gasteiger partial charge on any atom is -0.389 e. The summed E-state index contributed by atoms with van der Waals surface area (Å²) in [5, 5.41) is 13.8. The van der Waals surface area contributed by atoms with Gasteiger partial charge < -0.3 is 15.3 Å². The third-order valence-corrected chi connectivity index (χ3v) is 5.19. The van der Waals surface area contributed by atoms with Crippen LogP contribution in [0.15, 0.2) is 75.8 Å². The van der Waals surface area contributed by atoms with Crippen molar-refractivity contribution >= 4 is 49.1 Å². The number of nitrogens with one attached hydrogen (secondary N) is 1. The van der Waals surface area contributed by atoms with Gasteiger partial charge in [0.25, 0.3) is 0 Å². The van der Waals surface area contributed by atoms with Gasteiger partial charge >= 0.3 is 0 Å². The first kappa shape index (κ1) is 19.9. The molecule has 1 heterocycles. The summed E-state index contributed by atoms with van der Waals surface area (Å²) in [5.74, 6) is 0.756. The standard InChI is InChI=1S/C21H21Br2N3O/c1-15-12-17(23)7-10-20(15)26(18-8-5-16(22)6-9-18)14-19(27)13-25-21-4-2-3-11-24-21/h2-12,19,27H,13-14H2,1H3,(H,24,25). The fourth-order valence-electron chi connectivity index (χ4n) is 2.85. The molecule has 140 valence electrons. The predicted octanol–water partition coefficient (Wildman–Crippen LogP) is 5.53. The van der Waals surface area contributed by atoms with Crippen molar-refractivity contribution in [2.45, 2.75) is 13.0 Å². The summed E-state index contributed by atoms with van der Waals surface area (Å²) in [6.07, 6.45) is 1.16. The van der Waals surface area contributed by atoms with E-state index in [9.17, 15) is 5.11 Å². The average molecular weight is 491 g/mol. The number of anilines is 3. The molecule has 0 fully saturated rings. The molecule has 27 heavy (non-hydrogen) atoms. The Hall–Kier alpha value is -1.89. The summed E-state index contributed by atoms with van der Waals surface area (Å²) in [5.41, 5.74) is 3.23. The molecule has 0 bridgehead atoms. The molecule has 0 spiro atoms. The second-order valence-electron chi connectivity index (χ2n) is 6.27. The second kappa shape index (κ2) is 9.35. The number of hydrogen-bond donors (Lipinski definition) is 2. The lowest BCUT2D eigenvalue weighted by atomic mass is 10.1. The van der Waals surface area contributed by atoms with Crippen LogP contribution in [0.3, 0.4) is 0 Å². The Balaban J connectivity index is 1.80. The molecule has 3 rings (SSSR count). The van der Waals surface area contributed by atoms with E-state index in [2.05, 4.69) is 66.1 Å². The first-order valence-corrected chi connectivity index (χ1v) is 10.2. The summed E-state index contributed by atoms with van der Waals surface area (Å²) in [6.45, 7) is 2.95. The van der Waals surface area contributed by atoms with E-state index in [4.69, 9.17) is 0 Å². The molecule has 1 atom stereocenters. The van der Waals surface area contributed by atoms with Crippen LogP contribution in [0.25, 0.3) is 0 Å². The molecule has 1 unspecified atom stereocenters. The second-order valence-corrected chi connectivity index (χ2v) is 8.10. The molecule has 0 amide bonds. The molecule has 0 aliphatic rings. The van der Waals surface area contributed by atoms with Gasteiger partial charge in [0, 0.05) is 33.1 Å². The minimum atomic E-state index is -0.571. The normalized spacial score (nSPS) is 11.9. The highest BCUT2D eigenvalue weighted by Crippen LogP contribution is 2.31. The van der Waals surface area contributed by atoms with E-state index in [0.717, 1.165) is 31.7 Å². The van der Waals surface area contributed by atoms with Crippen LogP contribution in [0.2, 0.25) is 0 Å². The van der Waals surface area contributed by atoms with E-state index in [1.807, 2.05) is 48.5 Å². The lowest BCUT2D eigenvalue weighted by Gasteiger charge is -2.29. The Kier molecular flexibility index (Phi) is 6.88. The van der Waals surface area contributed by atoms with Gasteiger partial charge in [-0.25, -0.2) is 4.98 Å². The lowest BCUT2D eigenvalue weighted by molar-refractivity contribution is 0.195. The summed E-state index contributed by atoms with van der Waals surface area (Å²) < 4.78 is 2.06. The topological polar surface area (TPSA) is 48.4 Å². The van der Waals surface area contributed by atoms with E-state index in [1.165, 1.54) is 0 Å². The van der Waals surface area contributed by atoms with Crippen LogP contribution in [0.4, 0.5) is 17.2 Å². The van der Waals surface area contributed by atoms with Crippen LogP contribution in [0.1, 0.15) is 5.56 Å². The highest BCUT2D eigenvalue weighted by atomic mass is 79.9. The fraction of sp³-hybridized carbons (Fsp3) is 0.190. The maximum atomic E-state index is 10.7. The monoisotopic (exact) mass is 489 g/mol. The van der Waals surface area contributed by atoms with Crippen molar-refractivity contribution in [3.8, 4) is 0 Å². The molecule has 0 saturated heterocycles. The predicted molar refractivity (Wildman–Crippen MR) is 119 cm³/mol. The number of aliphatic hydroxyl groups excluding tert-OH is 1. The molecule has 2 aromatic carbocycles. The molecular weight excluding hydrogens is 470 g/mol. The van der Waals surface area contributed by atoms with Crippen LogP contribution in [0.5, 0.6) is 0 Å². The van der Waals surface area contributed by atoms with Crippen LogP contribution >= 0.6 is 31.9 Å². The molecule has 0 aliphatic heterocycles. The van der Waals surface area contributed by atoms with Crippen molar-refractivity contribution in [3.05, 3.63) is 81.4 Å². The SMILES string of the molecule is Cc1cc(Br)ccc1N(CC(O)CNc1ccccn1)c1ccc(Br)cc1. The van der Waals surface area contributed by atoms with Crippen LogP contribution < -0.4 is 10.2 Å². The van der Waals surface area contributed by atoms with Gasteiger partial charge in [-0.05, 0) is 67.1 Å². The molecule has 3 aromatic rings. The third-order valence-electron chi connectivity index (χ3n) is 4.16. The number of benzene rings is 2. The van der Waals surface area contributed by atoms with E-state index in [-0.39, 0.29) is 0 Å². The van der Waals surface area contributed by atoms with Crippen molar-refractivity contribution in [2.75, 3.05) is 23.3 Å². The lowest BCUT2D eigenvalue weighted by Crippen LogP contribution is -2.34. The number of nitrogens with zero attached hydrogens (tertiary/aromatic N) is 2. The molecule has 0 aliphatic carbocycles. The molecule has 0 radical (unpaired) electrons. The summed E-state index contributed by atoms with van der Waals surface area (Å²) in [4.78, 5) is 6.37. The summed E-state index contributed by atoms with van der Waals surface area (Å²) >= 11 is 7.01. The molecule has 4 nitrogen and oxygen atoms in total. The minimum absolute atomic E-state index is 0.416. The Morgan fingerprint density at radius 1 is 1.04 bits per heavy atom. The number of pyridine rings is 1. The van der Waals surface area contributed by atoms with Crippen LogP contribution in [-0.2, 0) is 0 Å². The molecule has 6 heteroatoms. The summed E-state index contributed by atoms with van der Waals surface area (Å²) in [6, 6.07) is 20.0. The molecule has 1 aromatic heterocycles. The van der Waals surface area contributed by atoms with Gasteiger partial charge in [0.2, 0.25) is 0 Å². The smallest absolute Gasteiger partial charge is 0.125 e. The number of halogens is 2. The van der Waals surface area contributed by atoms with Gasteiger partial charge in [0.1, 0.15) is 5.82 Å². The Bertz CT molecular complexity index is 872. The van der Waals surface area contributed by atoms with Gasteiger partial charge in [-0.1, -0.05) is 37.9 Å². The quantitative estimate of drug-likeness (QED) is 0.457. The van der Waals surface area contributed by atoms with E-state index in [1.54, 1.807) is 6.20 Å². The molecular formula is C21H21Br2N3O. The largest absolute Gasteiger partial charge is 0.389 e. The summed E-state index contributed by atoms with van der Waals surface area (Å²) in [7, 11) is 0. The van der Waals surface area contributed by atoms with Crippen molar-refractivity contribution in [1.29, 1.82) is 0 Å². The van der Waals surface area contributed by atoms with E-state index in [0.29, 0.717) is 13.1 Å². The zero-order valence-electron chi connectivity index (χ0n) is 14.9. The zero-order chi connectivity index (χ0) is 19.2. The van der Waals surface area contributed by atoms with Crippen LogP contribution in [0, 0.1) is 6.92 Å². The van der Waals surface area contributed by atoms with Crippen molar-refractivity contribution in [3.63, 3.8) is 0 Å².